The molecule has 0 spiro atoms. The Morgan fingerprint density at radius 1 is 1.00 bits per heavy atom. The maximum Gasteiger partial charge on any atom is 0.238 e. The minimum Gasteiger partial charge on any atom is -0.437 e. The van der Waals surface area contributed by atoms with E-state index in [1.807, 2.05) is 12.1 Å². The van der Waals surface area contributed by atoms with E-state index >= 15 is 0 Å². The zero-order chi connectivity index (χ0) is 19.3. The number of hydrogen-bond acceptors (Lipinski definition) is 5. The Balaban J connectivity index is 1.46. The highest BCUT2D eigenvalue weighted by molar-refractivity contribution is 6.31. The number of nitrogens with zero attached hydrogens (tertiary/aromatic N) is 3. The third kappa shape index (κ3) is 4.22. The van der Waals surface area contributed by atoms with Crippen LogP contribution in [0.15, 0.2) is 79.3 Å². The van der Waals surface area contributed by atoms with Crippen LogP contribution in [0.5, 0.6) is 11.6 Å². The van der Waals surface area contributed by atoms with Crippen molar-refractivity contribution in [3.05, 3.63) is 95.4 Å². The average Bonchev–Trinajstić information content (AvgIpc) is 2.73. The number of benzene rings is 2. The van der Waals surface area contributed by atoms with Crippen molar-refractivity contribution in [2.24, 2.45) is 0 Å². The highest BCUT2D eigenvalue weighted by Crippen LogP contribution is 2.23. The molecule has 4 rings (SSSR count). The maximum atomic E-state index is 12.3. The molecule has 2 aromatic carbocycles. The molecular formula is C22H14ClN3O2. The van der Waals surface area contributed by atoms with Crippen molar-refractivity contribution >= 4 is 34.5 Å². The molecule has 0 bridgehead atoms. The van der Waals surface area contributed by atoms with Gasteiger partial charge in [0.15, 0.2) is 5.78 Å². The molecule has 136 valence electrons. The van der Waals surface area contributed by atoms with Gasteiger partial charge in [-0.25, -0.2) is 9.97 Å². The Morgan fingerprint density at radius 3 is 2.64 bits per heavy atom. The van der Waals surface area contributed by atoms with Gasteiger partial charge in [0.25, 0.3) is 0 Å². The highest BCUT2D eigenvalue weighted by atomic mass is 35.5. The first kappa shape index (κ1) is 17.8. The fraction of sp³-hybridized carbons (Fsp3) is 0. The predicted molar refractivity (Wildman–Crippen MR) is 109 cm³/mol. The van der Waals surface area contributed by atoms with Gasteiger partial charge in [-0.2, -0.15) is 0 Å². The van der Waals surface area contributed by atoms with Gasteiger partial charge in [0.1, 0.15) is 5.75 Å². The lowest BCUT2D eigenvalue weighted by Gasteiger charge is -2.06. The monoisotopic (exact) mass is 387 g/mol. The lowest BCUT2D eigenvalue weighted by Crippen LogP contribution is -1.95. The van der Waals surface area contributed by atoms with Gasteiger partial charge in [0.05, 0.1) is 17.2 Å². The third-order valence-corrected chi connectivity index (χ3v) is 4.19. The van der Waals surface area contributed by atoms with Crippen molar-refractivity contribution in [3.8, 4) is 11.6 Å². The van der Waals surface area contributed by atoms with Crippen LogP contribution in [0.2, 0.25) is 5.02 Å². The standard InChI is InChI=1S/C22H14ClN3O2/c23-17-6-9-19-20(12-17)25-14-22(26-19)28-18-7-4-16(5-8-18)21(27)10-3-15-2-1-11-24-13-15/h1-14H/b10-3+. The van der Waals surface area contributed by atoms with Crippen LogP contribution in [0.25, 0.3) is 17.1 Å². The molecule has 0 aliphatic rings. The molecule has 0 atom stereocenters. The second-order valence-corrected chi connectivity index (χ2v) is 6.39. The van der Waals surface area contributed by atoms with Crippen LogP contribution in [0.1, 0.15) is 15.9 Å². The fourth-order valence-electron chi connectivity index (χ4n) is 2.57. The van der Waals surface area contributed by atoms with Crippen LogP contribution in [0.4, 0.5) is 0 Å². The lowest BCUT2D eigenvalue weighted by atomic mass is 10.1. The lowest BCUT2D eigenvalue weighted by molar-refractivity contribution is 0.104. The molecule has 5 nitrogen and oxygen atoms in total. The number of carbonyl (C=O) groups is 1. The number of ketones is 1. The summed E-state index contributed by atoms with van der Waals surface area (Å²) in [6, 6.07) is 15.8. The van der Waals surface area contributed by atoms with Crippen LogP contribution in [0.3, 0.4) is 0 Å². The molecule has 0 fully saturated rings. The molecule has 0 N–H and O–H groups in total. The molecule has 0 aliphatic heterocycles. The topological polar surface area (TPSA) is 65.0 Å². The van der Waals surface area contributed by atoms with E-state index in [-0.39, 0.29) is 5.78 Å². The Morgan fingerprint density at radius 2 is 1.86 bits per heavy atom. The summed E-state index contributed by atoms with van der Waals surface area (Å²) < 4.78 is 5.74. The van der Waals surface area contributed by atoms with Crippen LogP contribution in [0, 0.1) is 0 Å². The van der Waals surface area contributed by atoms with E-state index in [4.69, 9.17) is 16.3 Å². The molecular weight excluding hydrogens is 374 g/mol. The largest absolute Gasteiger partial charge is 0.437 e. The van der Waals surface area contributed by atoms with Crippen molar-refractivity contribution in [1.82, 2.24) is 15.0 Å². The van der Waals surface area contributed by atoms with Crippen molar-refractivity contribution in [2.45, 2.75) is 0 Å². The highest BCUT2D eigenvalue weighted by Gasteiger charge is 2.05. The molecule has 4 aromatic rings. The summed E-state index contributed by atoms with van der Waals surface area (Å²) in [4.78, 5) is 25.0. The molecule has 0 amide bonds. The van der Waals surface area contributed by atoms with Crippen LogP contribution in [-0.4, -0.2) is 20.7 Å². The van der Waals surface area contributed by atoms with Gasteiger partial charge in [-0.05, 0) is 66.2 Å². The number of ether oxygens (including phenoxy) is 1. The number of halogens is 1. The second-order valence-electron chi connectivity index (χ2n) is 5.95. The quantitative estimate of drug-likeness (QED) is 0.340. The first-order valence-corrected chi connectivity index (χ1v) is 8.88. The summed E-state index contributed by atoms with van der Waals surface area (Å²) in [5.74, 6) is 0.832. The average molecular weight is 388 g/mol. The van der Waals surface area contributed by atoms with E-state index in [0.717, 1.165) is 5.56 Å². The number of allylic oxidation sites excluding steroid dienone is 1. The Labute approximate surface area is 166 Å². The molecule has 0 radical (unpaired) electrons. The minimum atomic E-state index is -0.0993. The second kappa shape index (κ2) is 7.98. The summed E-state index contributed by atoms with van der Waals surface area (Å²) in [6.07, 6.45) is 8.17. The van der Waals surface area contributed by atoms with Crippen molar-refractivity contribution in [3.63, 3.8) is 0 Å². The number of carbonyl (C=O) groups excluding carboxylic acids is 1. The van der Waals surface area contributed by atoms with Crippen molar-refractivity contribution in [1.29, 1.82) is 0 Å². The summed E-state index contributed by atoms with van der Waals surface area (Å²) in [5, 5.41) is 0.605. The fourth-order valence-corrected chi connectivity index (χ4v) is 2.73. The zero-order valence-corrected chi connectivity index (χ0v) is 15.4. The van der Waals surface area contributed by atoms with Gasteiger partial charge in [-0.3, -0.25) is 9.78 Å². The van der Waals surface area contributed by atoms with Crippen molar-refractivity contribution in [2.75, 3.05) is 0 Å². The van der Waals surface area contributed by atoms with Crippen LogP contribution < -0.4 is 4.74 Å². The van der Waals surface area contributed by atoms with Gasteiger partial charge in [-0.1, -0.05) is 17.7 Å². The van der Waals surface area contributed by atoms with E-state index in [1.54, 1.807) is 60.9 Å². The predicted octanol–water partition coefficient (Wildman–Crippen LogP) is 5.37. The number of fused-ring (bicyclic) bond motifs is 1. The van der Waals surface area contributed by atoms with Gasteiger partial charge in [0, 0.05) is 23.0 Å². The van der Waals surface area contributed by atoms with Gasteiger partial charge < -0.3 is 4.74 Å². The number of pyridine rings is 1. The molecule has 28 heavy (non-hydrogen) atoms. The summed E-state index contributed by atoms with van der Waals surface area (Å²) in [7, 11) is 0. The van der Waals surface area contributed by atoms with Crippen molar-refractivity contribution < 1.29 is 9.53 Å². The van der Waals surface area contributed by atoms with Gasteiger partial charge in [-0.15, -0.1) is 0 Å². The summed E-state index contributed by atoms with van der Waals surface area (Å²) in [6.45, 7) is 0. The minimum absolute atomic E-state index is 0.0993. The first-order valence-electron chi connectivity index (χ1n) is 8.50. The SMILES string of the molecule is O=C(/C=C/c1cccnc1)c1ccc(Oc2cnc3cc(Cl)ccc3n2)cc1. The van der Waals surface area contributed by atoms with Gasteiger partial charge >= 0.3 is 0 Å². The Bertz CT molecular complexity index is 1160. The Hall–Kier alpha value is -3.57. The molecule has 2 aromatic heterocycles. The first-order chi connectivity index (χ1) is 13.7. The summed E-state index contributed by atoms with van der Waals surface area (Å²) >= 11 is 5.95. The van der Waals surface area contributed by atoms with E-state index in [2.05, 4.69) is 15.0 Å². The summed E-state index contributed by atoms with van der Waals surface area (Å²) in [5.41, 5.74) is 2.81. The molecule has 0 unspecified atom stereocenters. The third-order valence-electron chi connectivity index (χ3n) is 3.96. The molecule has 6 heteroatoms. The van der Waals surface area contributed by atoms with Gasteiger partial charge in [0.2, 0.25) is 5.88 Å². The molecule has 0 saturated heterocycles. The normalized spacial score (nSPS) is 11.0. The van der Waals surface area contributed by atoms with Crippen LogP contribution in [-0.2, 0) is 0 Å². The van der Waals surface area contributed by atoms with E-state index in [1.165, 1.54) is 12.3 Å². The van der Waals surface area contributed by atoms with Crippen LogP contribution >= 0.6 is 11.6 Å². The number of hydrogen-bond donors (Lipinski definition) is 0. The molecule has 0 aliphatic carbocycles. The van der Waals surface area contributed by atoms with E-state index in [0.29, 0.717) is 33.2 Å². The number of aromatic nitrogens is 3. The maximum absolute atomic E-state index is 12.3. The molecule has 0 saturated carbocycles. The smallest absolute Gasteiger partial charge is 0.238 e. The molecule has 2 heterocycles. The number of rotatable bonds is 5. The Kier molecular flexibility index (Phi) is 5.08. The van der Waals surface area contributed by atoms with E-state index < -0.39 is 0 Å². The van der Waals surface area contributed by atoms with E-state index in [9.17, 15) is 4.79 Å². The zero-order valence-electron chi connectivity index (χ0n) is 14.6.